The van der Waals surface area contributed by atoms with E-state index in [4.69, 9.17) is 9.84 Å². The number of aliphatic hydroxyl groups is 1. The molecule has 1 saturated heterocycles. The highest BCUT2D eigenvalue weighted by Crippen LogP contribution is 2.21. The average molecular weight is 325 g/mol. The quantitative estimate of drug-likeness (QED) is 0.788. The van der Waals surface area contributed by atoms with Crippen molar-refractivity contribution in [2.24, 2.45) is 0 Å². The van der Waals surface area contributed by atoms with Crippen LogP contribution in [-0.2, 0) is 11.3 Å². The smallest absolute Gasteiger partial charge is 0.0599 e. The predicted molar refractivity (Wildman–Crippen MR) is 97.8 cm³/mol. The van der Waals surface area contributed by atoms with Crippen LogP contribution in [0.15, 0.2) is 54.6 Å². The van der Waals surface area contributed by atoms with Gasteiger partial charge in [-0.25, -0.2) is 0 Å². The van der Waals surface area contributed by atoms with Crippen LogP contribution in [0.2, 0.25) is 0 Å². The second kappa shape index (κ2) is 8.97. The van der Waals surface area contributed by atoms with Gasteiger partial charge in [-0.1, -0.05) is 54.6 Å². The molecule has 1 heterocycles. The first kappa shape index (κ1) is 17.2. The minimum Gasteiger partial charge on any atom is -0.396 e. The maximum absolute atomic E-state index is 8.81. The Labute approximate surface area is 144 Å². The van der Waals surface area contributed by atoms with Crippen molar-refractivity contribution >= 4 is 0 Å². The van der Waals surface area contributed by atoms with Crippen molar-refractivity contribution in [3.8, 4) is 11.1 Å². The van der Waals surface area contributed by atoms with E-state index >= 15 is 0 Å². The zero-order chi connectivity index (χ0) is 16.6. The van der Waals surface area contributed by atoms with Gasteiger partial charge in [0.25, 0.3) is 0 Å². The maximum atomic E-state index is 8.81. The zero-order valence-corrected chi connectivity index (χ0v) is 14.2. The van der Waals surface area contributed by atoms with Crippen molar-refractivity contribution in [3.05, 3.63) is 60.2 Å². The van der Waals surface area contributed by atoms with Crippen LogP contribution in [-0.4, -0.2) is 42.4 Å². The lowest BCUT2D eigenvalue weighted by Crippen LogP contribution is -2.36. The average Bonchev–Trinajstić information content (AvgIpc) is 2.65. The van der Waals surface area contributed by atoms with Crippen molar-refractivity contribution < 1.29 is 9.84 Å². The molecule has 3 heteroatoms. The Morgan fingerprint density at radius 2 is 1.58 bits per heavy atom. The lowest BCUT2D eigenvalue weighted by molar-refractivity contribution is 0.000787. The van der Waals surface area contributed by atoms with Crippen LogP contribution in [0, 0.1) is 0 Å². The van der Waals surface area contributed by atoms with E-state index in [-0.39, 0.29) is 6.61 Å². The predicted octanol–water partition coefficient (Wildman–Crippen LogP) is 3.72. The van der Waals surface area contributed by atoms with Crippen LogP contribution in [0.4, 0.5) is 0 Å². The summed E-state index contributed by atoms with van der Waals surface area (Å²) in [6.07, 6.45) is 3.29. The highest BCUT2D eigenvalue weighted by atomic mass is 16.5. The fourth-order valence-corrected chi connectivity index (χ4v) is 3.24. The first-order valence-electron chi connectivity index (χ1n) is 8.94. The van der Waals surface area contributed by atoms with Crippen molar-refractivity contribution in [2.75, 3.05) is 26.3 Å². The minimum atomic E-state index is 0.220. The monoisotopic (exact) mass is 325 g/mol. The van der Waals surface area contributed by atoms with E-state index < -0.39 is 0 Å². The van der Waals surface area contributed by atoms with Crippen LogP contribution >= 0.6 is 0 Å². The summed E-state index contributed by atoms with van der Waals surface area (Å²) in [5.74, 6) is 0. The Morgan fingerprint density at radius 1 is 0.917 bits per heavy atom. The van der Waals surface area contributed by atoms with Gasteiger partial charge < -0.3 is 9.84 Å². The molecule has 1 aliphatic heterocycles. The number of nitrogens with zero attached hydrogens (tertiary/aromatic N) is 1. The normalized spacial score (nSPS) is 16.4. The number of hydrogen-bond acceptors (Lipinski definition) is 3. The molecule has 0 atom stereocenters. The molecule has 1 aliphatic rings. The van der Waals surface area contributed by atoms with E-state index in [9.17, 15) is 0 Å². The number of ether oxygens (including phenoxy) is 1. The maximum Gasteiger partial charge on any atom is 0.0599 e. The van der Waals surface area contributed by atoms with Crippen LogP contribution in [0.5, 0.6) is 0 Å². The van der Waals surface area contributed by atoms with Gasteiger partial charge in [-0.15, -0.1) is 0 Å². The Kier molecular flexibility index (Phi) is 6.41. The van der Waals surface area contributed by atoms with E-state index in [2.05, 4.69) is 59.5 Å². The second-order valence-corrected chi connectivity index (χ2v) is 6.49. The van der Waals surface area contributed by atoms with Crippen LogP contribution in [0.25, 0.3) is 11.1 Å². The standard InChI is InChI=1S/C21H27NO2/c23-15-4-16-24-21-11-13-22(14-12-21)17-18-7-9-20(10-8-18)19-5-2-1-3-6-19/h1-3,5-10,21,23H,4,11-17H2. The lowest BCUT2D eigenvalue weighted by atomic mass is 10.0. The molecule has 0 aliphatic carbocycles. The molecular formula is C21H27NO2. The number of hydrogen-bond donors (Lipinski definition) is 1. The van der Waals surface area contributed by atoms with E-state index in [1.807, 2.05) is 0 Å². The van der Waals surface area contributed by atoms with Gasteiger partial charge >= 0.3 is 0 Å². The van der Waals surface area contributed by atoms with Gasteiger partial charge in [-0.05, 0) is 36.0 Å². The Bertz CT molecular complexity index is 589. The molecule has 2 aromatic carbocycles. The summed E-state index contributed by atoms with van der Waals surface area (Å²) >= 11 is 0. The molecule has 3 nitrogen and oxygen atoms in total. The van der Waals surface area contributed by atoms with E-state index in [1.165, 1.54) is 16.7 Å². The fraction of sp³-hybridized carbons (Fsp3) is 0.429. The molecule has 0 bridgehead atoms. The Hall–Kier alpha value is -1.68. The lowest BCUT2D eigenvalue weighted by Gasteiger charge is -2.32. The minimum absolute atomic E-state index is 0.220. The number of piperidine rings is 1. The SMILES string of the molecule is OCCCOC1CCN(Cc2ccc(-c3ccccc3)cc2)CC1. The Morgan fingerprint density at radius 3 is 2.25 bits per heavy atom. The van der Waals surface area contributed by atoms with Gasteiger partial charge in [0.2, 0.25) is 0 Å². The summed E-state index contributed by atoms with van der Waals surface area (Å²) in [7, 11) is 0. The molecule has 24 heavy (non-hydrogen) atoms. The number of likely N-dealkylation sites (tertiary alicyclic amines) is 1. The molecule has 3 rings (SSSR count). The van der Waals surface area contributed by atoms with Crippen molar-refractivity contribution in [1.82, 2.24) is 4.90 Å². The third-order valence-electron chi connectivity index (χ3n) is 4.66. The molecule has 0 radical (unpaired) electrons. The molecule has 1 N–H and O–H groups in total. The summed E-state index contributed by atoms with van der Waals surface area (Å²) < 4.78 is 5.80. The third kappa shape index (κ3) is 4.91. The summed E-state index contributed by atoms with van der Waals surface area (Å²) in [5.41, 5.74) is 3.91. The van der Waals surface area contributed by atoms with Crippen LogP contribution in [0.3, 0.4) is 0 Å². The van der Waals surface area contributed by atoms with Gasteiger partial charge in [0.15, 0.2) is 0 Å². The third-order valence-corrected chi connectivity index (χ3v) is 4.66. The first-order valence-corrected chi connectivity index (χ1v) is 8.94. The molecular weight excluding hydrogens is 298 g/mol. The van der Waals surface area contributed by atoms with Crippen LogP contribution < -0.4 is 0 Å². The van der Waals surface area contributed by atoms with Crippen molar-refractivity contribution in [1.29, 1.82) is 0 Å². The zero-order valence-electron chi connectivity index (χ0n) is 14.2. The van der Waals surface area contributed by atoms with Gasteiger partial charge in [-0.3, -0.25) is 4.90 Å². The molecule has 1 fully saturated rings. The number of rotatable bonds is 7. The highest BCUT2D eigenvalue weighted by molar-refractivity contribution is 5.63. The van der Waals surface area contributed by atoms with Gasteiger partial charge in [-0.2, -0.15) is 0 Å². The van der Waals surface area contributed by atoms with E-state index in [0.29, 0.717) is 12.7 Å². The molecule has 0 unspecified atom stereocenters. The molecule has 128 valence electrons. The summed E-state index contributed by atoms with van der Waals surface area (Å²) in [4.78, 5) is 2.50. The van der Waals surface area contributed by atoms with E-state index in [0.717, 1.165) is 38.9 Å². The summed E-state index contributed by atoms with van der Waals surface area (Å²) in [6.45, 7) is 4.09. The highest BCUT2D eigenvalue weighted by Gasteiger charge is 2.19. The fourth-order valence-electron chi connectivity index (χ4n) is 3.24. The second-order valence-electron chi connectivity index (χ2n) is 6.49. The van der Waals surface area contributed by atoms with Gasteiger partial charge in [0.05, 0.1) is 6.10 Å². The largest absolute Gasteiger partial charge is 0.396 e. The van der Waals surface area contributed by atoms with Crippen molar-refractivity contribution in [2.45, 2.75) is 31.9 Å². The molecule has 0 aromatic heterocycles. The molecule has 0 spiro atoms. The molecule has 0 amide bonds. The number of benzene rings is 2. The molecule has 0 saturated carbocycles. The summed E-state index contributed by atoms with van der Waals surface area (Å²) in [6, 6.07) is 19.4. The van der Waals surface area contributed by atoms with Crippen LogP contribution in [0.1, 0.15) is 24.8 Å². The van der Waals surface area contributed by atoms with Gasteiger partial charge in [0.1, 0.15) is 0 Å². The topological polar surface area (TPSA) is 32.7 Å². The van der Waals surface area contributed by atoms with E-state index in [1.54, 1.807) is 0 Å². The summed E-state index contributed by atoms with van der Waals surface area (Å²) in [5, 5.41) is 8.81. The first-order chi connectivity index (χ1) is 11.8. The molecule has 2 aromatic rings. The Balaban J connectivity index is 1.47. The van der Waals surface area contributed by atoms with Crippen molar-refractivity contribution in [3.63, 3.8) is 0 Å². The van der Waals surface area contributed by atoms with Gasteiger partial charge in [0, 0.05) is 32.8 Å². The number of aliphatic hydroxyl groups excluding tert-OH is 1.